The Labute approximate surface area is 792 Å². The third kappa shape index (κ3) is 39.9. The number of ether oxygens (including phenoxy) is 9. The second-order valence-electron chi connectivity index (χ2n) is 35.5. The zero-order chi connectivity index (χ0) is 96.3. The molecule has 9 rings (SSSR count). The number of benzene rings is 5. The Balaban J connectivity index is 0.585. The van der Waals surface area contributed by atoms with Crippen LogP contribution >= 0.6 is 7.82 Å². The van der Waals surface area contributed by atoms with Gasteiger partial charge in [0.05, 0.1) is 77.5 Å². The SMILES string of the molecule is CC(C)(C)OC(=O)N[C@H](Cc1ccc(OP(=O)(O)O)cc1)C(=O)N[C@@H](CCC(=O)NCCCOCCOCCOCCCNC(=O)CCCCC1(C(C)(C)CCCCOc2cc(-c3ccccc3)cc(-c3ccccc3)n2)N=NN=N1)C(=O)NCCCOCCOCCOCCCNC(=O)CCCCC1(C(C)(C)CCCCOc2cc(-c3ccccc3)cc(-c3ccccc3)n2)N=NN=N1. The van der Waals surface area contributed by atoms with Crippen LogP contribution < -0.4 is 45.9 Å². The highest BCUT2D eigenvalue weighted by atomic mass is 31.2. The van der Waals surface area contributed by atoms with E-state index in [1.165, 1.54) is 24.3 Å². The summed E-state index contributed by atoms with van der Waals surface area (Å²) < 4.78 is 68.4. The van der Waals surface area contributed by atoms with Gasteiger partial charge in [0.25, 0.3) is 0 Å². The number of carbonyl (C=O) groups excluding carboxylic acids is 6. The van der Waals surface area contributed by atoms with E-state index in [9.17, 15) is 43.1 Å². The first-order valence-electron chi connectivity index (χ1n) is 47.0. The summed E-state index contributed by atoms with van der Waals surface area (Å²) in [6, 6.07) is 51.7. The summed E-state index contributed by atoms with van der Waals surface area (Å²) in [7, 11) is -4.87. The molecule has 7 aromatic rings. The molecule has 732 valence electrons. The van der Waals surface area contributed by atoms with Crippen molar-refractivity contribution in [1.82, 2.24) is 41.9 Å². The van der Waals surface area contributed by atoms with E-state index in [2.05, 4.69) is 142 Å². The summed E-state index contributed by atoms with van der Waals surface area (Å²) in [5, 5.41) is 50.8. The second kappa shape index (κ2) is 57.6. The fourth-order valence-electron chi connectivity index (χ4n) is 15.1. The molecule has 35 nitrogen and oxygen atoms in total. The lowest BCUT2D eigenvalue weighted by Crippen LogP contribution is -2.55. The predicted octanol–water partition coefficient (Wildman–Crippen LogP) is 17.2. The maximum Gasteiger partial charge on any atom is 0.524 e. The highest BCUT2D eigenvalue weighted by Gasteiger charge is 2.49. The molecular formula is C99H137N16O19P. The number of pyridine rings is 2. The van der Waals surface area contributed by atoms with E-state index in [1.54, 1.807) is 20.8 Å². The van der Waals surface area contributed by atoms with E-state index < -0.39 is 54.7 Å². The van der Waals surface area contributed by atoms with Gasteiger partial charge in [0, 0.05) is 112 Å². The van der Waals surface area contributed by atoms with E-state index in [0.717, 1.165) is 96.1 Å². The number of hydrogen-bond acceptors (Lipinski definition) is 27. The maximum absolute atomic E-state index is 14.2. The van der Waals surface area contributed by atoms with E-state index in [4.69, 9.17) is 52.6 Å². The van der Waals surface area contributed by atoms with E-state index in [1.807, 2.05) is 109 Å². The number of nitrogens with one attached hydrogen (secondary N) is 6. The molecule has 0 spiro atoms. The van der Waals surface area contributed by atoms with Crippen molar-refractivity contribution in [2.75, 3.05) is 119 Å². The quantitative estimate of drug-likeness (QED) is 0.0130. The minimum atomic E-state index is -4.87. The minimum absolute atomic E-state index is 0.0344. The number of phosphoric ester groups is 1. The number of unbranched alkanes of at least 4 members (excludes halogenated alkanes) is 4. The summed E-state index contributed by atoms with van der Waals surface area (Å²) >= 11 is 0. The molecular weight excluding hydrogens is 1750 g/mol. The van der Waals surface area contributed by atoms with Gasteiger partial charge in [-0.05, 0) is 203 Å². The molecule has 2 aliphatic rings. The Morgan fingerprint density at radius 3 is 1.13 bits per heavy atom. The van der Waals surface area contributed by atoms with Crippen LogP contribution in [0.3, 0.4) is 0 Å². The van der Waals surface area contributed by atoms with Gasteiger partial charge in [-0.1, -0.05) is 161 Å². The number of aromatic nitrogens is 2. The summed E-state index contributed by atoms with van der Waals surface area (Å²) in [5.41, 5.74) is 5.19. The molecule has 6 amide bonds. The molecule has 0 saturated heterocycles. The van der Waals surface area contributed by atoms with Gasteiger partial charge in [-0.25, -0.2) is 19.3 Å². The van der Waals surface area contributed by atoms with Gasteiger partial charge >= 0.3 is 13.9 Å². The maximum atomic E-state index is 14.2. The van der Waals surface area contributed by atoms with Gasteiger partial charge in [0.2, 0.25) is 41.3 Å². The molecule has 0 radical (unpaired) electrons. The third-order valence-electron chi connectivity index (χ3n) is 22.8. The lowest BCUT2D eigenvalue weighted by atomic mass is 9.73. The molecule has 5 aromatic carbocycles. The Hall–Kier alpha value is -11.3. The van der Waals surface area contributed by atoms with Crippen LogP contribution in [0.2, 0.25) is 0 Å². The Kier molecular flexibility index (Phi) is 45.8. The molecule has 4 heterocycles. The number of phosphoric acid groups is 1. The summed E-state index contributed by atoms with van der Waals surface area (Å²) in [5.74, 6) is -0.808. The van der Waals surface area contributed by atoms with E-state index in [0.29, 0.717) is 174 Å². The molecule has 0 aliphatic carbocycles. The topological polar surface area (TPSA) is 449 Å². The Bertz CT molecular complexity index is 4760. The van der Waals surface area contributed by atoms with Crippen molar-refractivity contribution < 1.29 is 90.3 Å². The number of amides is 6. The first-order chi connectivity index (χ1) is 65.1. The number of hydrogen-bond donors (Lipinski definition) is 8. The predicted molar refractivity (Wildman–Crippen MR) is 511 cm³/mol. The molecule has 0 saturated carbocycles. The zero-order valence-electron chi connectivity index (χ0n) is 79.2. The van der Waals surface area contributed by atoms with Crippen LogP contribution in [0, 0.1) is 10.8 Å². The van der Waals surface area contributed by atoms with Crippen molar-refractivity contribution in [3.8, 4) is 62.3 Å². The fourth-order valence-corrected chi connectivity index (χ4v) is 15.5. The van der Waals surface area contributed by atoms with Crippen LogP contribution in [-0.4, -0.2) is 203 Å². The van der Waals surface area contributed by atoms with Gasteiger partial charge in [0.1, 0.15) is 23.4 Å². The first kappa shape index (κ1) is 107. The van der Waals surface area contributed by atoms with Crippen LogP contribution in [0.25, 0.3) is 44.8 Å². The molecule has 0 fully saturated rings. The van der Waals surface area contributed by atoms with Crippen LogP contribution in [0.1, 0.15) is 182 Å². The summed E-state index contributed by atoms with van der Waals surface area (Å²) in [4.78, 5) is 108. The zero-order valence-corrected chi connectivity index (χ0v) is 80.0. The molecule has 36 heteroatoms. The van der Waals surface area contributed by atoms with Crippen molar-refractivity contribution in [1.29, 1.82) is 0 Å². The molecule has 0 unspecified atom stereocenters. The molecule has 135 heavy (non-hydrogen) atoms. The fraction of sp³-hybridized carbons (Fsp3) is 0.535. The summed E-state index contributed by atoms with van der Waals surface area (Å²) in [6.45, 7) is 19.9. The average molecular weight is 1890 g/mol. The molecule has 2 aliphatic heterocycles. The van der Waals surface area contributed by atoms with E-state index >= 15 is 0 Å². The standard InChI is InChI=1S/C99H137N16O19P/c1-95(2,3)133-94(121)107-86(70-75-42-44-82(45-43-75)134-135(122,123)124)93(120)106-83(92(119)103-55-31-59-128-65-69-130-67-63-126-57-29-53-101-88(117)41-21-23-51-99(110-114-115-111-99)97(6,7)49-25-27-61-132-91-74-81(77-34-14-9-15-35-77)72-85(105-91)79-38-18-11-19-39-79)46-47-89(118)102-54-30-58-127-64-68-129-66-62-125-56-28-52-100-87(116)40-20-22-50-98(108-112-113-109-98)96(4,5)48-24-26-60-131-90-73-80(76-32-12-8-13-33-76)71-84(104-90)78-36-16-10-17-37-78/h8-19,32-39,42-45,71-74,83,86H,20-31,40-41,46-70H2,1-7H3,(H,100,116)(H,101,117)(H,102,118)(H,103,119)(H,106,120)(H,107,121)(H2,122,123,124)/t83-,86+/m0/s1. The lowest BCUT2D eigenvalue weighted by Gasteiger charge is -2.37. The smallest absolute Gasteiger partial charge is 0.478 e. The van der Waals surface area contributed by atoms with Gasteiger partial charge < -0.3 is 79.1 Å². The van der Waals surface area contributed by atoms with Crippen molar-refractivity contribution in [2.45, 2.75) is 212 Å². The largest absolute Gasteiger partial charge is 0.524 e. The lowest BCUT2D eigenvalue weighted by molar-refractivity contribution is -0.130. The molecule has 8 N–H and O–H groups in total. The van der Waals surface area contributed by atoms with Gasteiger partial charge in [0.15, 0.2) is 11.3 Å². The highest BCUT2D eigenvalue weighted by molar-refractivity contribution is 7.46. The molecule has 2 aromatic heterocycles. The van der Waals surface area contributed by atoms with Crippen molar-refractivity contribution in [2.24, 2.45) is 52.2 Å². The highest BCUT2D eigenvalue weighted by Crippen LogP contribution is 2.48. The van der Waals surface area contributed by atoms with Crippen molar-refractivity contribution >= 4 is 43.5 Å². The number of nitrogens with zero attached hydrogens (tertiary/aromatic N) is 10. The van der Waals surface area contributed by atoms with Gasteiger partial charge in [-0.3, -0.25) is 33.8 Å². The Morgan fingerprint density at radius 1 is 0.378 bits per heavy atom. The van der Waals surface area contributed by atoms with Crippen LogP contribution in [0.15, 0.2) is 211 Å². The number of carbonyl (C=O) groups is 6. The average Bonchev–Trinajstić information content (AvgIpc) is 1.64. The van der Waals surface area contributed by atoms with Crippen LogP contribution in [-0.2, 0) is 68.1 Å². The first-order valence-corrected chi connectivity index (χ1v) is 48.6. The minimum Gasteiger partial charge on any atom is -0.478 e. The Morgan fingerprint density at radius 2 is 0.748 bits per heavy atom. The third-order valence-corrected chi connectivity index (χ3v) is 23.2. The monoisotopic (exact) mass is 1880 g/mol. The van der Waals surface area contributed by atoms with E-state index in [-0.39, 0.29) is 79.9 Å². The molecule has 0 bridgehead atoms. The normalized spacial score (nSPS) is 13.7. The number of rotatable bonds is 67. The summed E-state index contributed by atoms with van der Waals surface area (Å²) in [6.07, 6.45) is 10.5. The van der Waals surface area contributed by atoms with Gasteiger partial charge in [-0.2, -0.15) is 0 Å². The van der Waals surface area contributed by atoms with Crippen LogP contribution in [0.5, 0.6) is 17.5 Å². The number of alkyl carbamates (subject to hydrolysis) is 1. The van der Waals surface area contributed by atoms with Crippen molar-refractivity contribution in [3.05, 3.63) is 175 Å². The molecule has 2 atom stereocenters. The van der Waals surface area contributed by atoms with Gasteiger partial charge in [-0.15, -0.1) is 20.5 Å². The second-order valence-corrected chi connectivity index (χ2v) is 36.6. The van der Waals surface area contributed by atoms with Crippen molar-refractivity contribution in [3.63, 3.8) is 0 Å². The van der Waals surface area contributed by atoms with Crippen LogP contribution in [0.4, 0.5) is 4.79 Å².